The highest BCUT2D eigenvalue weighted by Gasteiger charge is 2.27. The third kappa shape index (κ3) is 3.09. The van der Waals surface area contributed by atoms with Crippen LogP contribution in [0.15, 0.2) is 24.3 Å². The van der Waals surface area contributed by atoms with Crippen molar-refractivity contribution >= 4 is 5.97 Å². The van der Waals surface area contributed by atoms with Gasteiger partial charge in [0.2, 0.25) is 0 Å². The molecule has 1 aliphatic rings. The smallest absolute Gasteiger partial charge is 0.308 e. The Morgan fingerprint density at radius 3 is 2.89 bits per heavy atom. The number of carbonyl (C=O) groups excluding carboxylic acids is 1. The van der Waals surface area contributed by atoms with Crippen LogP contribution in [0, 0.1) is 0 Å². The van der Waals surface area contributed by atoms with Crippen molar-refractivity contribution in [2.45, 2.75) is 44.9 Å². The fraction of sp³-hybridized carbons (Fsp3) is 0.500. The highest BCUT2D eigenvalue weighted by atomic mass is 16.5. The first kappa shape index (κ1) is 13.1. The summed E-state index contributed by atoms with van der Waals surface area (Å²) in [6.45, 7) is 3.48. The largest absolute Gasteiger partial charge is 0.427 e. The monoisotopic (exact) mass is 249 g/mol. The first-order valence-corrected chi connectivity index (χ1v) is 6.29. The molecule has 0 bridgehead atoms. The van der Waals surface area contributed by atoms with E-state index in [0.29, 0.717) is 11.8 Å². The molecule has 0 amide bonds. The van der Waals surface area contributed by atoms with E-state index in [-0.39, 0.29) is 12.0 Å². The van der Waals surface area contributed by atoms with E-state index < -0.39 is 6.10 Å². The van der Waals surface area contributed by atoms with E-state index in [4.69, 9.17) is 4.74 Å². The maximum atomic E-state index is 10.9. The lowest BCUT2D eigenvalue weighted by atomic mass is 10.0. The number of aliphatic hydroxyl groups excluding tert-OH is 1. The zero-order valence-electron chi connectivity index (χ0n) is 10.7. The summed E-state index contributed by atoms with van der Waals surface area (Å²) in [5.41, 5.74) is 0.778. The van der Waals surface area contributed by atoms with E-state index in [2.05, 4.69) is 12.2 Å². The second-order valence-electron chi connectivity index (χ2n) is 4.86. The molecule has 2 rings (SSSR count). The standard InChI is InChI=1S/C14H19NO3/c1-9-6-7-13(15-9)14(17)11-4-3-5-12(8-11)18-10(2)16/h3-5,8-9,13-15,17H,6-7H2,1-2H3/t9-,13-,14+/m0/s1. The van der Waals surface area contributed by atoms with Crippen LogP contribution in [0.3, 0.4) is 0 Å². The highest BCUT2D eigenvalue weighted by molar-refractivity contribution is 5.69. The third-order valence-corrected chi connectivity index (χ3v) is 3.25. The minimum Gasteiger partial charge on any atom is -0.427 e. The van der Waals surface area contributed by atoms with E-state index in [9.17, 15) is 9.90 Å². The summed E-state index contributed by atoms with van der Waals surface area (Å²) < 4.78 is 5.02. The molecule has 1 aromatic carbocycles. The van der Waals surface area contributed by atoms with Crippen molar-refractivity contribution in [3.05, 3.63) is 29.8 Å². The highest BCUT2D eigenvalue weighted by Crippen LogP contribution is 2.27. The fourth-order valence-corrected chi connectivity index (χ4v) is 2.37. The lowest BCUT2D eigenvalue weighted by molar-refractivity contribution is -0.131. The van der Waals surface area contributed by atoms with Gasteiger partial charge in [0.1, 0.15) is 5.75 Å². The van der Waals surface area contributed by atoms with E-state index in [0.717, 1.165) is 18.4 Å². The molecule has 1 saturated heterocycles. The van der Waals surface area contributed by atoms with Crippen LogP contribution in [0.5, 0.6) is 5.75 Å². The second-order valence-corrected chi connectivity index (χ2v) is 4.86. The maximum Gasteiger partial charge on any atom is 0.308 e. The summed E-state index contributed by atoms with van der Waals surface area (Å²) in [7, 11) is 0. The van der Waals surface area contributed by atoms with Crippen LogP contribution in [0.2, 0.25) is 0 Å². The first-order valence-electron chi connectivity index (χ1n) is 6.29. The van der Waals surface area contributed by atoms with Crippen LogP contribution in [0.25, 0.3) is 0 Å². The van der Waals surface area contributed by atoms with E-state index in [1.165, 1.54) is 6.92 Å². The van der Waals surface area contributed by atoms with Crippen LogP contribution < -0.4 is 10.1 Å². The Morgan fingerprint density at radius 2 is 2.28 bits per heavy atom. The quantitative estimate of drug-likeness (QED) is 0.633. The van der Waals surface area contributed by atoms with Crippen molar-refractivity contribution in [3.8, 4) is 5.75 Å². The molecule has 0 unspecified atom stereocenters. The van der Waals surface area contributed by atoms with Gasteiger partial charge < -0.3 is 15.2 Å². The Balaban J connectivity index is 2.10. The average Bonchev–Trinajstić information content (AvgIpc) is 2.74. The number of ether oxygens (including phenoxy) is 1. The molecular weight excluding hydrogens is 230 g/mol. The minimum absolute atomic E-state index is 0.0765. The van der Waals surface area contributed by atoms with Crippen LogP contribution in [-0.4, -0.2) is 23.2 Å². The minimum atomic E-state index is -0.564. The molecule has 4 nitrogen and oxygen atoms in total. The molecular formula is C14H19NO3. The summed E-state index contributed by atoms with van der Waals surface area (Å²) in [6, 6.07) is 7.59. The molecule has 0 saturated carbocycles. The van der Waals surface area contributed by atoms with Crippen molar-refractivity contribution in [1.29, 1.82) is 0 Å². The number of nitrogens with one attached hydrogen (secondary N) is 1. The number of rotatable bonds is 3. The van der Waals surface area contributed by atoms with E-state index in [1.807, 2.05) is 6.07 Å². The van der Waals surface area contributed by atoms with E-state index >= 15 is 0 Å². The number of carbonyl (C=O) groups is 1. The van der Waals surface area contributed by atoms with Gasteiger partial charge in [-0.15, -0.1) is 0 Å². The molecule has 0 aromatic heterocycles. The number of esters is 1. The Morgan fingerprint density at radius 1 is 1.50 bits per heavy atom. The number of benzene rings is 1. The van der Waals surface area contributed by atoms with E-state index in [1.54, 1.807) is 18.2 Å². The fourth-order valence-electron chi connectivity index (χ4n) is 2.37. The number of aliphatic hydroxyl groups is 1. The SMILES string of the molecule is CC(=O)Oc1cccc([C@@H](O)[C@@H]2CC[C@H](C)N2)c1. The van der Waals surface area contributed by atoms with Gasteiger partial charge in [0.15, 0.2) is 0 Å². The molecule has 4 heteroatoms. The van der Waals surface area contributed by atoms with Crippen molar-refractivity contribution in [1.82, 2.24) is 5.32 Å². The third-order valence-electron chi connectivity index (χ3n) is 3.25. The van der Waals surface area contributed by atoms with Gasteiger partial charge in [0.25, 0.3) is 0 Å². The van der Waals surface area contributed by atoms with Crippen molar-refractivity contribution in [2.75, 3.05) is 0 Å². The van der Waals surface area contributed by atoms with Crippen molar-refractivity contribution in [3.63, 3.8) is 0 Å². The second kappa shape index (κ2) is 5.50. The summed E-state index contributed by atoms with van der Waals surface area (Å²) >= 11 is 0. The van der Waals surface area contributed by atoms with Gasteiger partial charge >= 0.3 is 5.97 Å². The molecule has 1 aliphatic heterocycles. The Bertz CT molecular complexity index is 433. The normalized spacial score (nSPS) is 24.8. The predicted molar refractivity (Wildman–Crippen MR) is 68.3 cm³/mol. The topological polar surface area (TPSA) is 58.6 Å². The molecule has 98 valence electrons. The Kier molecular flexibility index (Phi) is 3.99. The van der Waals surface area contributed by atoms with Gasteiger partial charge in [-0.25, -0.2) is 0 Å². The Hall–Kier alpha value is -1.39. The zero-order chi connectivity index (χ0) is 13.1. The molecule has 1 fully saturated rings. The lowest BCUT2D eigenvalue weighted by Crippen LogP contribution is -2.32. The summed E-state index contributed by atoms with van der Waals surface area (Å²) in [4.78, 5) is 10.9. The summed E-state index contributed by atoms with van der Waals surface area (Å²) in [6.07, 6.45) is 1.47. The van der Waals surface area contributed by atoms with Crippen LogP contribution >= 0.6 is 0 Å². The Labute approximate surface area is 107 Å². The van der Waals surface area contributed by atoms with Gasteiger partial charge in [0, 0.05) is 19.0 Å². The number of hydrogen-bond donors (Lipinski definition) is 2. The van der Waals surface area contributed by atoms with Gasteiger partial charge in [-0.1, -0.05) is 12.1 Å². The zero-order valence-corrected chi connectivity index (χ0v) is 10.7. The van der Waals surface area contributed by atoms with Crippen molar-refractivity contribution in [2.24, 2.45) is 0 Å². The van der Waals surface area contributed by atoms with Gasteiger partial charge in [0.05, 0.1) is 6.10 Å². The number of hydrogen-bond acceptors (Lipinski definition) is 4. The molecule has 3 atom stereocenters. The lowest BCUT2D eigenvalue weighted by Gasteiger charge is -2.20. The van der Waals surface area contributed by atoms with Gasteiger partial charge in [-0.3, -0.25) is 4.79 Å². The maximum absolute atomic E-state index is 10.9. The molecule has 0 aliphatic carbocycles. The first-order chi connectivity index (χ1) is 8.56. The van der Waals surface area contributed by atoms with Crippen LogP contribution in [-0.2, 0) is 4.79 Å². The van der Waals surface area contributed by atoms with Gasteiger partial charge in [-0.2, -0.15) is 0 Å². The average molecular weight is 249 g/mol. The van der Waals surface area contributed by atoms with Crippen LogP contribution in [0.1, 0.15) is 38.4 Å². The van der Waals surface area contributed by atoms with Crippen LogP contribution in [0.4, 0.5) is 0 Å². The molecule has 2 N–H and O–H groups in total. The van der Waals surface area contributed by atoms with Crippen molar-refractivity contribution < 1.29 is 14.6 Å². The summed E-state index contributed by atoms with van der Waals surface area (Å²) in [5.74, 6) is 0.124. The molecule has 0 radical (unpaired) electrons. The molecule has 1 heterocycles. The predicted octanol–water partition coefficient (Wildman–Crippen LogP) is 1.79. The molecule has 1 aromatic rings. The molecule has 18 heavy (non-hydrogen) atoms. The molecule has 0 spiro atoms. The summed E-state index contributed by atoms with van der Waals surface area (Å²) in [5, 5.41) is 13.6. The van der Waals surface area contributed by atoms with Gasteiger partial charge in [-0.05, 0) is 37.5 Å².